The van der Waals surface area contributed by atoms with E-state index in [-0.39, 0.29) is 33.7 Å². The lowest BCUT2D eigenvalue weighted by Gasteiger charge is -2.32. The maximum absolute atomic E-state index is 13.1. The monoisotopic (exact) mass is 544 g/mol. The zero-order valence-electron chi connectivity index (χ0n) is 21.1. The van der Waals surface area contributed by atoms with Crippen LogP contribution in [0.5, 0.6) is 0 Å². The lowest BCUT2D eigenvalue weighted by molar-refractivity contribution is -0.385. The Balaban J connectivity index is 1.20. The van der Waals surface area contributed by atoms with Gasteiger partial charge in [-0.15, -0.1) is 0 Å². The van der Waals surface area contributed by atoms with Gasteiger partial charge in [-0.2, -0.15) is 5.10 Å². The molecule has 4 aromatic rings. The molecule has 198 valence electrons. The van der Waals surface area contributed by atoms with Crippen LogP contribution in [0.3, 0.4) is 0 Å². The molecule has 1 aromatic heterocycles. The number of nitro benzene ring substituents is 1. The van der Waals surface area contributed by atoms with E-state index in [2.05, 4.69) is 15.4 Å². The molecule has 0 spiro atoms. The fraction of sp³-hybridized carbons (Fsp3) is 0.214. The molecule has 2 amide bonds. The average molecular weight is 545 g/mol. The Morgan fingerprint density at radius 2 is 1.82 bits per heavy atom. The van der Waals surface area contributed by atoms with E-state index in [4.69, 9.17) is 11.6 Å². The molecule has 0 radical (unpaired) electrons. The number of nitrogens with one attached hydrogen (secondary N) is 1. The molecule has 1 aliphatic rings. The van der Waals surface area contributed by atoms with Gasteiger partial charge in [0.2, 0.25) is 0 Å². The molecule has 0 saturated carbocycles. The normalized spacial score (nSPS) is 13.7. The van der Waals surface area contributed by atoms with Crippen molar-refractivity contribution in [2.45, 2.75) is 25.7 Å². The summed E-state index contributed by atoms with van der Waals surface area (Å²) >= 11 is 6.00. The Morgan fingerprint density at radius 3 is 2.49 bits per heavy atom. The summed E-state index contributed by atoms with van der Waals surface area (Å²) in [6, 6.07) is 17.6. The van der Waals surface area contributed by atoms with Crippen LogP contribution in [0.25, 0.3) is 5.69 Å². The first-order valence-corrected chi connectivity index (χ1v) is 12.8. The summed E-state index contributed by atoms with van der Waals surface area (Å²) in [6.45, 7) is 2.81. The van der Waals surface area contributed by atoms with E-state index >= 15 is 0 Å². The van der Waals surface area contributed by atoms with Gasteiger partial charge in [-0.05, 0) is 67.6 Å². The zero-order valence-corrected chi connectivity index (χ0v) is 21.8. The number of hydrogen-bond acceptors (Lipinski definition) is 6. The third-order valence-electron chi connectivity index (χ3n) is 6.98. The number of piperidine rings is 1. The number of halogens is 1. The summed E-state index contributed by atoms with van der Waals surface area (Å²) in [5, 5.41) is 18.3. The second kappa shape index (κ2) is 11.0. The lowest BCUT2D eigenvalue weighted by Crippen LogP contribution is -2.37. The molecule has 1 saturated heterocycles. The van der Waals surface area contributed by atoms with Crippen LogP contribution in [-0.2, 0) is 0 Å². The van der Waals surface area contributed by atoms with Gasteiger partial charge in [0.25, 0.3) is 17.5 Å². The van der Waals surface area contributed by atoms with Crippen LogP contribution in [-0.4, -0.2) is 49.5 Å². The fourth-order valence-electron chi connectivity index (χ4n) is 4.85. The van der Waals surface area contributed by atoms with Crippen molar-refractivity contribution in [2.24, 2.45) is 0 Å². The molecule has 2 heterocycles. The fourth-order valence-corrected chi connectivity index (χ4v) is 5.06. The van der Waals surface area contributed by atoms with E-state index in [0.717, 1.165) is 24.1 Å². The summed E-state index contributed by atoms with van der Waals surface area (Å²) in [5.74, 6) is -0.186. The number of benzene rings is 3. The van der Waals surface area contributed by atoms with Crippen LogP contribution in [0.2, 0.25) is 5.02 Å². The SMILES string of the molecule is Cc1c(C(=O)Nc2ccc(C3CCN(C(=O)c4cccc(-n5cncn5)c4)CC3)cc2)cc(Cl)cc1[N+](=O)[O-]. The minimum atomic E-state index is -0.554. The number of carbonyl (C=O) groups is 2. The van der Waals surface area contributed by atoms with Crippen molar-refractivity contribution in [3.63, 3.8) is 0 Å². The Bertz CT molecular complexity index is 1530. The Hall–Kier alpha value is -4.57. The van der Waals surface area contributed by atoms with Gasteiger partial charge in [-0.25, -0.2) is 9.67 Å². The number of rotatable bonds is 6. The van der Waals surface area contributed by atoms with Crippen LogP contribution >= 0.6 is 11.6 Å². The quantitative estimate of drug-likeness (QED) is 0.256. The topological polar surface area (TPSA) is 123 Å². The predicted molar refractivity (Wildman–Crippen MR) is 146 cm³/mol. The molecule has 1 aliphatic heterocycles. The number of hydrogen-bond donors (Lipinski definition) is 1. The smallest absolute Gasteiger partial charge is 0.274 e. The molecule has 39 heavy (non-hydrogen) atoms. The van der Waals surface area contributed by atoms with Crippen LogP contribution < -0.4 is 5.32 Å². The van der Waals surface area contributed by atoms with Gasteiger partial charge in [0, 0.05) is 41.0 Å². The van der Waals surface area contributed by atoms with Gasteiger partial charge in [-0.1, -0.05) is 29.8 Å². The molecule has 0 aliphatic carbocycles. The van der Waals surface area contributed by atoms with Crippen molar-refractivity contribution >= 4 is 34.8 Å². The number of carbonyl (C=O) groups excluding carboxylic acids is 2. The minimum absolute atomic E-state index is 0.00924. The van der Waals surface area contributed by atoms with Gasteiger partial charge >= 0.3 is 0 Å². The Morgan fingerprint density at radius 1 is 1.08 bits per heavy atom. The van der Waals surface area contributed by atoms with Crippen LogP contribution in [0.1, 0.15) is 50.6 Å². The number of likely N-dealkylation sites (tertiary alicyclic amines) is 1. The second-order valence-corrected chi connectivity index (χ2v) is 9.82. The maximum atomic E-state index is 13.1. The van der Waals surface area contributed by atoms with E-state index in [1.54, 1.807) is 11.0 Å². The molecule has 10 nitrogen and oxygen atoms in total. The highest BCUT2D eigenvalue weighted by molar-refractivity contribution is 6.31. The highest BCUT2D eigenvalue weighted by Gasteiger charge is 2.25. The first-order valence-electron chi connectivity index (χ1n) is 12.4. The largest absolute Gasteiger partial charge is 0.339 e. The Kier molecular flexibility index (Phi) is 7.38. The third kappa shape index (κ3) is 5.65. The molecule has 0 bridgehead atoms. The number of anilines is 1. The minimum Gasteiger partial charge on any atom is -0.339 e. The van der Waals surface area contributed by atoms with Gasteiger partial charge in [0.05, 0.1) is 16.2 Å². The van der Waals surface area contributed by atoms with Gasteiger partial charge in [-0.3, -0.25) is 19.7 Å². The van der Waals surface area contributed by atoms with Crippen LogP contribution in [0.4, 0.5) is 11.4 Å². The number of aromatic nitrogens is 3. The van der Waals surface area contributed by atoms with Crippen molar-refractivity contribution < 1.29 is 14.5 Å². The molecule has 1 fully saturated rings. The number of nitrogens with zero attached hydrogens (tertiary/aromatic N) is 5. The van der Waals surface area contributed by atoms with E-state index in [9.17, 15) is 19.7 Å². The summed E-state index contributed by atoms with van der Waals surface area (Å²) in [6.07, 6.45) is 4.70. The lowest BCUT2D eigenvalue weighted by atomic mass is 9.89. The molecule has 11 heteroatoms. The van der Waals surface area contributed by atoms with Crippen molar-refractivity contribution in [1.29, 1.82) is 0 Å². The molecule has 3 aromatic carbocycles. The molecule has 5 rings (SSSR count). The predicted octanol–water partition coefficient (Wildman–Crippen LogP) is 5.41. The molecule has 0 atom stereocenters. The van der Waals surface area contributed by atoms with Crippen molar-refractivity contribution in [2.75, 3.05) is 18.4 Å². The van der Waals surface area contributed by atoms with E-state index in [0.29, 0.717) is 24.3 Å². The van der Waals surface area contributed by atoms with Crippen LogP contribution in [0, 0.1) is 17.0 Å². The van der Waals surface area contributed by atoms with Gasteiger partial charge < -0.3 is 10.2 Å². The maximum Gasteiger partial charge on any atom is 0.274 e. The highest BCUT2D eigenvalue weighted by Crippen LogP contribution is 2.31. The third-order valence-corrected chi connectivity index (χ3v) is 7.20. The molecular weight excluding hydrogens is 520 g/mol. The first kappa shape index (κ1) is 26.1. The first-order chi connectivity index (χ1) is 18.8. The molecule has 0 unspecified atom stereocenters. The van der Waals surface area contributed by atoms with Crippen LogP contribution in [0.15, 0.2) is 73.3 Å². The summed E-state index contributed by atoms with van der Waals surface area (Å²) < 4.78 is 1.62. The zero-order chi connectivity index (χ0) is 27.5. The number of amides is 2. The van der Waals surface area contributed by atoms with Gasteiger partial charge in [0.1, 0.15) is 12.7 Å². The van der Waals surface area contributed by atoms with Crippen molar-refractivity contribution in [3.05, 3.63) is 111 Å². The molecular formula is C28H25ClN6O4. The van der Waals surface area contributed by atoms with Crippen molar-refractivity contribution in [1.82, 2.24) is 19.7 Å². The average Bonchev–Trinajstić information content (AvgIpc) is 3.49. The van der Waals surface area contributed by atoms with Crippen molar-refractivity contribution in [3.8, 4) is 5.69 Å². The second-order valence-electron chi connectivity index (χ2n) is 9.39. The summed E-state index contributed by atoms with van der Waals surface area (Å²) in [5.41, 5.74) is 3.31. The standard InChI is InChI=1S/C28H25ClN6O4/c1-18-25(14-22(29)15-26(18)35(38)39)27(36)32-23-7-5-19(6-8-23)20-9-11-33(12-10-20)28(37)21-3-2-4-24(13-21)34-17-30-16-31-34/h2-8,13-17,20H,9-12H2,1H3,(H,32,36). The molecule has 1 N–H and O–H groups in total. The van der Waals surface area contributed by atoms with E-state index in [1.807, 2.05) is 53.4 Å². The summed E-state index contributed by atoms with van der Waals surface area (Å²) in [4.78, 5) is 42.5. The van der Waals surface area contributed by atoms with E-state index < -0.39 is 10.8 Å². The number of nitro groups is 1. The Labute approximate surface area is 229 Å². The highest BCUT2D eigenvalue weighted by atomic mass is 35.5. The summed E-state index contributed by atoms with van der Waals surface area (Å²) in [7, 11) is 0. The van der Waals surface area contributed by atoms with E-state index in [1.165, 1.54) is 25.4 Å². The van der Waals surface area contributed by atoms with Gasteiger partial charge in [0.15, 0.2) is 0 Å².